The molecule has 0 saturated heterocycles. The number of anilines is 1. The van der Waals surface area contributed by atoms with E-state index >= 15 is 0 Å². The maximum absolute atomic E-state index is 12.3. The van der Waals surface area contributed by atoms with Crippen LogP contribution in [-0.4, -0.2) is 37.7 Å². The molecule has 3 rings (SSSR count). The topological polar surface area (TPSA) is 118 Å². The van der Waals surface area contributed by atoms with Crippen LogP contribution in [0.2, 0.25) is 0 Å². The Morgan fingerprint density at radius 3 is 2.33 bits per heavy atom. The van der Waals surface area contributed by atoms with Gasteiger partial charge in [0, 0.05) is 12.2 Å². The van der Waals surface area contributed by atoms with E-state index in [0.717, 1.165) is 22.4 Å². The number of aryl methyl sites for hydroxylation is 2. The Kier molecular flexibility index (Phi) is 10.2. The van der Waals surface area contributed by atoms with Gasteiger partial charge in [0.25, 0.3) is 5.91 Å². The number of nitrogens with one attached hydrogen (secondary N) is 3. The van der Waals surface area contributed by atoms with E-state index in [-0.39, 0.29) is 19.1 Å². The Balaban J connectivity index is 1.48. The van der Waals surface area contributed by atoms with Crippen molar-refractivity contribution in [3.63, 3.8) is 0 Å². The number of hydrogen-bond donors (Lipinski definition) is 3. The predicted molar refractivity (Wildman–Crippen MR) is 151 cm³/mol. The molecule has 0 unspecified atom stereocenters. The molecule has 3 amide bonds. The monoisotopic (exact) mass is 530 g/mol. The van der Waals surface area contributed by atoms with E-state index < -0.39 is 11.8 Å². The molecule has 0 bridgehead atoms. The van der Waals surface area contributed by atoms with E-state index in [1.54, 1.807) is 18.2 Å². The SMILES string of the molecule is COc1cc(/C=N\NC(=O)C(=O)NCc2ccc(C(C)C)cc2)ccc1OCC(=O)Nc1ccc(C)cc1C. The predicted octanol–water partition coefficient (Wildman–Crippen LogP) is 4.22. The summed E-state index contributed by atoms with van der Waals surface area (Å²) in [7, 11) is 1.47. The second-order valence-electron chi connectivity index (χ2n) is 9.34. The standard InChI is InChI=1S/C30H34N4O5/c1-19(2)24-10-7-22(8-11-24)16-31-29(36)30(37)34-32-17-23-9-13-26(27(15-23)38-5)39-18-28(35)33-25-12-6-20(3)14-21(25)4/h6-15,17,19H,16,18H2,1-5H3,(H,31,36)(H,33,35)(H,34,37)/b32-17-. The van der Waals surface area contributed by atoms with Gasteiger partial charge in [-0.2, -0.15) is 5.10 Å². The van der Waals surface area contributed by atoms with Crippen LogP contribution in [0.25, 0.3) is 0 Å². The summed E-state index contributed by atoms with van der Waals surface area (Å²) in [6.07, 6.45) is 1.37. The minimum Gasteiger partial charge on any atom is -0.493 e. The Bertz CT molecular complexity index is 1350. The lowest BCUT2D eigenvalue weighted by Gasteiger charge is -2.12. The first kappa shape index (κ1) is 28.9. The average Bonchev–Trinajstić information content (AvgIpc) is 2.92. The number of carbonyl (C=O) groups is 3. The fourth-order valence-corrected chi connectivity index (χ4v) is 3.67. The third-order valence-electron chi connectivity index (χ3n) is 5.89. The average molecular weight is 531 g/mol. The van der Waals surface area contributed by atoms with Crippen LogP contribution in [-0.2, 0) is 20.9 Å². The maximum atomic E-state index is 12.3. The van der Waals surface area contributed by atoms with E-state index in [2.05, 4.69) is 35.0 Å². The molecule has 0 aliphatic rings. The first-order valence-electron chi connectivity index (χ1n) is 12.5. The fraction of sp³-hybridized carbons (Fsp3) is 0.267. The molecule has 0 atom stereocenters. The highest BCUT2D eigenvalue weighted by atomic mass is 16.5. The lowest BCUT2D eigenvalue weighted by molar-refractivity contribution is -0.139. The Morgan fingerprint density at radius 2 is 1.67 bits per heavy atom. The maximum Gasteiger partial charge on any atom is 0.329 e. The number of methoxy groups -OCH3 is 1. The largest absolute Gasteiger partial charge is 0.493 e. The van der Waals surface area contributed by atoms with Crippen molar-refractivity contribution in [3.05, 3.63) is 88.5 Å². The van der Waals surface area contributed by atoms with Gasteiger partial charge in [-0.05, 0) is 66.3 Å². The highest BCUT2D eigenvalue weighted by Gasteiger charge is 2.13. The highest BCUT2D eigenvalue weighted by Crippen LogP contribution is 2.27. The van der Waals surface area contributed by atoms with Gasteiger partial charge in [-0.15, -0.1) is 0 Å². The van der Waals surface area contributed by atoms with Gasteiger partial charge in [0.15, 0.2) is 18.1 Å². The Morgan fingerprint density at radius 1 is 0.923 bits per heavy atom. The van der Waals surface area contributed by atoms with Gasteiger partial charge in [-0.1, -0.05) is 55.8 Å². The minimum absolute atomic E-state index is 0.204. The number of nitrogens with zero attached hydrogens (tertiary/aromatic N) is 1. The molecule has 3 N–H and O–H groups in total. The van der Waals surface area contributed by atoms with E-state index in [1.807, 2.05) is 56.3 Å². The second-order valence-corrected chi connectivity index (χ2v) is 9.34. The summed E-state index contributed by atoms with van der Waals surface area (Å²) in [4.78, 5) is 36.5. The van der Waals surface area contributed by atoms with Crippen molar-refractivity contribution in [3.8, 4) is 11.5 Å². The summed E-state index contributed by atoms with van der Waals surface area (Å²) in [6, 6.07) is 18.5. The Labute approximate surface area is 228 Å². The molecular formula is C30H34N4O5. The summed E-state index contributed by atoms with van der Waals surface area (Å²) >= 11 is 0. The van der Waals surface area contributed by atoms with Gasteiger partial charge in [0.1, 0.15) is 0 Å². The quantitative estimate of drug-likeness (QED) is 0.206. The molecule has 39 heavy (non-hydrogen) atoms. The van der Waals surface area contributed by atoms with Gasteiger partial charge in [-0.25, -0.2) is 5.43 Å². The smallest absolute Gasteiger partial charge is 0.329 e. The van der Waals surface area contributed by atoms with Crippen LogP contribution in [0.4, 0.5) is 5.69 Å². The normalized spacial score (nSPS) is 10.8. The number of carbonyl (C=O) groups excluding carboxylic acids is 3. The van der Waals surface area contributed by atoms with Crippen molar-refractivity contribution in [2.75, 3.05) is 19.0 Å². The van der Waals surface area contributed by atoms with Crippen LogP contribution in [0.1, 0.15) is 47.6 Å². The van der Waals surface area contributed by atoms with Crippen LogP contribution >= 0.6 is 0 Å². The van der Waals surface area contributed by atoms with Gasteiger partial charge >= 0.3 is 11.8 Å². The van der Waals surface area contributed by atoms with Crippen molar-refractivity contribution >= 4 is 29.6 Å². The summed E-state index contributed by atoms with van der Waals surface area (Å²) in [5.41, 5.74) is 7.69. The van der Waals surface area contributed by atoms with Gasteiger partial charge < -0.3 is 20.1 Å². The molecule has 204 valence electrons. The number of benzene rings is 3. The van der Waals surface area contributed by atoms with Crippen molar-refractivity contribution in [2.24, 2.45) is 5.10 Å². The lowest BCUT2D eigenvalue weighted by atomic mass is 10.0. The first-order valence-corrected chi connectivity index (χ1v) is 12.5. The van der Waals surface area contributed by atoms with Crippen LogP contribution in [0, 0.1) is 13.8 Å². The zero-order valence-corrected chi connectivity index (χ0v) is 22.8. The molecule has 0 saturated carbocycles. The van der Waals surface area contributed by atoms with Crippen LogP contribution in [0.3, 0.4) is 0 Å². The van der Waals surface area contributed by atoms with Crippen molar-refractivity contribution in [1.29, 1.82) is 0 Å². The van der Waals surface area contributed by atoms with Gasteiger partial charge in [0.05, 0.1) is 13.3 Å². The molecular weight excluding hydrogens is 496 g/mol. The van der Waals surface area contributed by atoms with Gasteiger partial charge in [0.2, 0.25) is 0 Å². The van der Waals surface area contributed by atoms with Crippen LogP contribution in [0.5, 0.6) is 11.5 Å². The molecule has 9 nitrogen and oxygen atoms in total. The number of amides is 3. The van der Waals surface area contributed by atoms with Gasteiger partial charge in [-0.3, -0.25) is 14.4 Å². The summed E-state index contributed by atoms with van der Waals surface area (Å²) < 4.78 is 11.0. The second kappa shape index (κ2) is 13.8. The molecule has 0 aliphatic carbocycles. The third kappa shape index (κ3) is 8.70. The molecule has 0 fully saturated rings. The van der Waals surface area contributed by atoms with E-state index in [4.69, 9.17) is 9.47 Å². The molecule has 0 aromatic heterocycles. The van der Waals surface area contributed by atoms with Crippen molar-refractivity contribution in [2.45, 2.75) is 40.2 Å². The zero-order valence-electron chi connectivity index (χ0n) is 22.8. The minimum atomic E-state index is -0.883. The lowest BCUT2D eigenvalue weighted by Crippen LogP contribution is -2.37. The highest BCUT2D eigenvalue weighted by molar-refractivity contribution is 6.35. The van der Waals surface area contributed by atoms with E-state index in [0.29, 0.717) is 23.0 Å². The van der Waals surface area contributed by atoms with Crippen LogP contribution < -0.4 is 25.5 Å². The number of hydrogen-bond acceptors (Lipinski definition) is 6. The van der Waals surface area contributed by atoms with Crippen molar-refractivity contribution in [1.82, 2.24) is 10.7 Å². The fourth-order valence-electron chi connectivity index (χ4n) is 3.67. The molecule has 3 aromatic rings. The third-order valence-corrected chi connectivity index (χ3v) is 5.89. The molecule has 0 heterocycles. The van der Waals surface area contributed by atoms with E-state index in [1.165, 1.54) is 18.9 Å². The summed E-state index contributed by atoms with van der Waals surface area (Å²) in [5.74, 6) is -0.808. The number of rotatable bonds is 10. The van der Waals surface area contributed by atoms with E-state index in [9.17, 15) is 14.4 Å². The number of hydrazone groups is 1. The van der Waals surface area contributed by atoms with Crippen molar-refractivity contribution < 1.29 is 23.9 Å². The molecule has 0 spiro atoms. The van der Waals surface area contributed by atoms with Crippen LogP contribution in [0.15, 0.2) is 65.8 Å². The molecule has 9 heteroatoms. The summed E-state index contributed by atoms with van der Waals surface area (Å²) in [6.45, 7) is 8.15. The Hall–Kier alpha value is -4.66. The number of ether oxygens (including phenoxy) is 2. The zero-order chi connectivity index (χ0) is 28.4. The first-order chi connectivity index (χ1) is 18.7. The molecule has 3 aromatic carbocycles. The molecule has 0 radical (unpaired) electrons. The summed E-state index contributed by atoms with van der Waals surface area (Å²) in [5, 5.41) is 9.24. The molecule has 0 aliphatic heterocycles.